The summed E-state index contributed by atoms with van der Waals surface area (Å²) in [6.45, 7) is 1.97. The first kappa shape index (κ1) is 26.7. The normalized spacial score (nSPS) is 10.8. The van der Waals surface area contributed by atoms with Gasteiger partial charge in [0.15, 0.2) is 0 Å². The maximum absolute atomic E-state index is 7.19. The third-order valence-corrected chi connectivity index (χ3v) is 6.29. The van der Waals surface area contributed by atoms with Crippen LogP contribution in [0.25, 0.3) is 54.4 Å². The van der Waals surface area contributed by atoms with Crippen molar-refractivity contribution in [1.82, 2.24) is 9.97 Å². The predicted octanol–water partition coefficient (Wildman–Crippen LogP) is 8.10. The number of pyridine rings is 2. The Balaban J connectivity index is 0.000000172. The predicted molar refractivity (Wildman–Crippen MR) is 151 cm³/mol. The summed E-state index contributed by atoms with van der Waals surface area (Å²) in [7, 11) is 1.67. The molecule has 37 heavy (non-hydrogen) atoms. The van der Waals surface area contributed by atoms with Crippen molar-refractivity contribution >= 4 is 43.4 Å². The maximum atomic E-state index is 7.19. The second kappa shape index (κ2) is 12.7. The van der Waals surface area contributed by atoms with Crippen LogP contribution in [0.1, 0.15) is 12.0 Å². The van der Waals surface area contributed by atoms with Gasteiger partial charge in [-0.25, -0.2) is 0 Å². The maximum Gasteiger partial charge on any atom is 2.00 e. The van der Waals surface area contributed by atoms with Crippen LogP contribution >= 0.6 is 0 Å². The number of benzene rings is 4. The molecule has 0 spiro atoms. The Kier molecular flexibility index (Phi) is 9.16. The summed E-state index contributed by atoms with van der Waals surface area (Å²) in [6.07, 6.45) is 4.40. The first-order valence-electron chi connectivity index (χ1n) is 12.1. The number of aromatic nitrogens is 2. The molecule has 0 amide bonds. The minimum absolute atomic E-state index is 0. The number of hydrogen-bond acceptors (Lipinski definition) is 3. The van der Waals surface area contributed by atoms with Gasteiger partial charge in [-0.2, -0.15) is 13.1 Å². The largest absolute Gasteiger partial charge is 2.00 e. The van der Waals surface area contributed by atoms with Crippen LogP contribution in [-0.4, -0.2) is 30.2 Å². The molecule has 0 unspecified atom stereocenters. The second-order valence-corrected chi connectivity index (χ2v) is 8.56. The van der Waals surface area contributed by atoms with Crippen LogP contribution in [0.15, 0.2) is 97.3 Å². The Bertz CT molecular complexity index is 1580. The van der Waals surface area contributed by atoms with Gasteiger partial charge in [0.1, 0.15) is 11.3 Å². The molecule has 5 nitrogen and oxygen atoms in total. The molecule has 0 aliphatic carbocycles. The van der Waals surface area contributed by atoms with E-state index in [1.807, 2.05) is 30.3 Å². The van der Waals surface area contributed by atoms with Crippen LogP contribution in [-0.2, 0) is 27.0 Å². The molecule has 6 heteroatoms. The average molecular weight is 579 g/mol. The number of rotatable bonds is 6. The summed E-state index contributed by atoms with van der Waals surface area (Å²) < 4.78 is 5.37. The van der Waals surface area contributed by atoms with Gasteiger partial charge in [0.2, 0.25) is 0 Å². The van der Waals surface area contributed by atoms with E-state index in [2.05, 4.69) is 69.9 Å². The summed E-state index contributed by atoms with van der Waals surface area (Å²) in [5.41, 5.74) is 10.3. The van der Waals surface area contributed by atoms with E-state index in [-0.39, 0.29) is 20.4 Å². The fourth-order valence-electron chi connectivity index (χ4n) is 4.57. The Labute approximate surface area is 230 Å². The Hall–Kier alpha value is -3.40. The number of hydrogen-bond donors (Lipinski definition) is 0. The molecule has 6 rings (SSSR count). The Morgan fingerprint density at radius 1 is 0.730 bits per heavy atom. The first-order valence-corrected chi connectivity index (χ1v) is 12.1. The van der Waals surface area contributed by atoms with E-state index in [1.165, 1.54) is 27.1 Å². The van der Waals surface area contributed by atoms with E-state index in [4.69, 9.17) is 10.5 Å². The Morgan fingerprint density at radius 2 is 1.32 bits per heavy atom. The van der Waals surface area contributed by atoms with Crippen molar-refractivity contribution in [3.05, 3.63) is 114 Å². The molecule has 0 fully saturated rings. The molecule has 0 saturated heterocycles. The molecule has 4 aromatic carbocycles. The van der Waals surface area contributed by atoms with Crippen molar-refractivity contribution in [3.8, 4) is 5.75 Å². The number of methoxy groups -OCH3 is 1. The van der Waals surface area contributed by atoms with Gasteiger partial charge >= 0.3 is 20.4 Å². The zero-order chi connectivity index (χ0) is 24.7. The fourth-order valence-corrected chi connectivity index (χ4v) is 4.57. The third-order valence-electron chi connectivity index (χ3n) is 6.29. The van der Waals surface area contributed by atoms with Crippen LogP contribution in [0.5, 0.6) is 5.75 Å². The first-order chi connectivity index (χ1) is 17.8. The van der Waals surface area contributed by atoms with Crippen LogP contribution in [0.4, 0.5) is 0 Å². The van der Waals surface area contributed by atoms with Gasteiger partial charge in [-0.3, -0.25) is 9.97 Å². The van der Waals surface area contributed by atoms with Crippen molar-refractivity contribution in [2.75, 3.05) is 20.2 Å². The van der Waals surface area contributed by atoms with E-state index < -0.39 is 0 Å². The van der Waals surface area contributed by atoms with Gasteiger partial charge in [0, 0.05) is 23.2 Å². The van der Waals surface area contributed by atoms with Crippen LogP contribution in [0.3, 0.4) is 0 Å². The molecule has 0 aliphatic heterocycles. The molecule has 2 aromatic heterocycles. The van der Waals surface area contributed by atoms with Gasteiger partial charge in [0.05, 0.1) is 12.6 Å². The zero-order valence-corrected chi connectivity index (χ0v) is 22.2. The van der Waals surface area contributed by atoms with E-state index >= 15 is 0 Å². The SMILES string of the molecule is COc1cc2cccnc2c2ncccc12.[NH-]CCC[N-]Cc1c2ccccc2cc2ccccc12.[Pd+2]. The van der Waals surface area contributed by atoms with Crippen molar-refractivity contribution in [2.24, 2.45) is 0 Å². The molecule has 0 bridgehead atoms. The molecule has 1 N–H and O–H groups in total. The molecule has 2 heterocycles. The molecule has 0 atom stereocenters. The summed E-state index contributed by atoms with van der Waals surface area (Å²) >= 11 is 0. The number of nitrogens with zero attached hydrogens (tertiary/aromatic N) is 3. The van der Waals surface area contributed by atoms with Crippen molar-refractivity contribution in [2.45, 2.75) is 13.0 Å². The fraction of sp³-hybridized carbons (Fsp3) is 0.161. The van der Waals surface area contributed by atoms with Crippen LogP contribution < -0.4 is 4.74 Å². The smallest absolute Gasteiger partial charge is 0.677 e. The topological polar surface area (TPSA) is 72.9 Å². The molecule has 0 saturated carbocycles. The van der Waals surface area contributed by atoms with Gasteiger partial charge in [-0.05, 0) is 51.9 Å². The van der Waals surface area contributed by atoms with Gasteiger partial charge in [0.25, 0.3) is 0 Å². The molecule has 0 aliphatic rings. The monoisotopic (exact) mass is 578 g/mol. The zero-order valence-electron chi connectivity index (χ0n) is 20.6. The molecule has 0 radical (unpaired) electrons. The summed E-state index contributed by atoms with van der Waals surface area (Å²) in [5, 5.41) is 11.8. The standard InChI is InChI=1S/C18H18N2.C13H10N2O.Pd/c19-10-5-11-20-13-18-16-8-3-1-6-14(16)12-15-7-2-4-9-17(15)18;1-16-11-8-9-4-2-6-14-12(9)13-10(11)5-3-7-15-13;/h1-4,6-9,12,19H,5,10-11,13H2;2-8H,1H3;/q-2;;+2. The van der Waals surface area contributed by atoms with Crippen LogP contribution in [0, 0.1) is 0 Å². The van der Waals surface area contributed by atoms with E-state index in [0.29, 0.717) is 6.54 Å². The third kappa shape index (κ3) is 5.79. The summed E-state index contributed by atoms with van der Waals surface area (Å²) in [5.74, 6) is 0.837. The molecular formula is C31H28N4OPd. The van der Waals surface area contributed by atoms with E-state index in [0.717, 1.165) is 47.1 Å². The molecule has 6 aromatic rings. The van der Waals surface area contributed by atoms with Gasteiger partial charge in [-0.15, -0.1) is 6.54 Å². The van der Waals surface area contributed by atoms with Crippen molar-refractivity contribution < 1.29 is 25.2 Å². The van der Waals surface area contributed by atoms with Gasteiger partial charge in [-0.1, -0.05) is 66.6 Å². The summed E-state index contributed by atoms with van der Waals surface area (Å²) in [6, 6.07) is 29.1. The minimum Gasteiger partial charge on any atom is -0.677 e. The quantitative estimate of drug-likeness (QED) is 0.0867. The Morgan fingerprint density at radius 3 is 2.00 bits per heavy atom. The average Bonchev–Trinajstić information content (AvgIpc) is 2.94. The molecular weight excluding hydrogens is 551 g/mol. The minimum atomic E-state index is 0. The van der Waals surface area contributed by atoms with Gasteiger partial charge < -0.3 is 15.8 Å². The van der Waals surface area contributed by atoms with E-state index in [9.17, 15) is 0 Å². The summed E-state index contributed by atoms with van der Waals surface area (Å²) in [4.78, 5) is 8.74. The number of ether oxygens (including phenoxy) is 1. The number of fused-ring (bicyclic) bond motifs is 5. The van der Waals surface area contributed by atoms with Crippen molar-refractivity contribution in [1.29, 1.82) is 0 Å². The van der Waals surface area contributed by atoms with E-state index in [1.54, 1.807) is 19.5 Å². The van der Waals surface area contributed by atoms with Crippen molar-refractivity contribution in [3.63, 3.8) is 0 Å². The molecule has 188 valence electrons. The van der Waals surface area contributed by atoms with Crippen LogP contribution in [0.2, 0.25) is 0 Å². The number of nitrogens with one attached hydrogen (secondary N) is 1. The second-order valence-electron chi connectivity index (χ2n) is 8.56.